The molecule has 0 fully saturated rings. The summed E-state index contributed by atoms with van der Waals surface area (Å²) in [6.45, 7) is 0. The van der Waals surface area contributed by atoms with Crippen molar-refractivity contribution in [2.45, 2.75) is 5.92 Å². The first kappa shape index (κ1) is 16.3. The standard InChI is InChI=1S/C18H14N8O/c19-9-13-14(12-7-4-8-22-10-12)15(26-18(21)23-24-25-26)16(27-17(13)20)11-5-2-1-3-6-11/h1-8,10,14H,20H2,(H2,21,23,25)/t14-/m1/s1. The van der Waals surface area contributed by atoms with E-state index in [0.29, 0.717) is 11.5 Å². The molecule has 132 valence electrons. The summed E-state index contributed by atoms with van der Waals surface area (Å²) in [6.07, 6.45) is 3.30. The van der Waals surface area contributed by atoms with Crippen LogP contribution in [0.4, 0.5) is 5.95 Å². The second-order valence-electron chi connectivity index (χ2n) is 5.74. The van der Waals surface area contributed by atoms with Gasteiger partial charge in [0.05, 0.1) is 5.92 Å². The molecule has 9 heteroatoms. The van der Waals surface area contributed by atoms with E-state index in [0.717, 1.165) is 11.1 Å². The predicted molar refractivity (Wildman–Crippen MR) is 96.7 cm³/mol. The lowest BCUT2D eigenvalue weighted by Crippen LogP contribution is -2.24. The van der Waals surface area contributed by atoms with Crippen LogP contribution >= 0.6 is 0 Å². The lowest BCUT2D eigenvalue weighted by atomic mass is 9.86. The van der Waals surface area contributed by atoms with Gasteiger partial charge in [0.15, 0.2) is 5.76 Å². The van der Waals surface area contributed by atoms with E-state index < -0.39 is 5.92 Å². The number of ether oxygens (including phenoxy) is 1. The maximum Gasteiger partial charge on any atom is 0.244 e. The van der Waals surface area contributed by atoms with E-state index in [1.165, 1.54) is 4.68 Å². The molecule has 0 spiro atoms. The van der Waals surface area contributed by atoms with Gasteiger partial charge in [-0.3, -0.25) is 4.98 Å². The Kier molecular flexibility index (Phi) is 3.99. The zero-order chi connectivity index (χ0) is 18.8. The Bertz CT molecular complexity index is 1080. The van der Waals surface area contributed by atoms with Crippen LogP contribution in [0.1, 0.15) is 17.0 Å². The van der Waals surface area contributed by atoms with Crippen LogP contribution in [0.2, 0.25) is 0 Å². The number of nitrogens with two attached hydrogens (primary N) is 2. The monoisotopic (exact) mass is 358 g/mol. The second-order valence-corrected chi connectivity index (χ2v) is 5.74. The Labute approximate surface area is 154 Å². The number of nitrogen functional groups attached to an aromatic ring is 1. The zero-order valence-electron chi connectivity index (χ0n) is 14.0. The topological polar surface area (TPSA) is 142 Å². The first-order valence-corrected chi connectivity index (χ1v) is 8.02. The van der Waals surface area contributed by atoms with Crippen molar-refractivity contribution in [3.63, 3.8) is 0 Å². The van der Waals surface area contributed by atoms with E-state index in [2.05, 4.69) is 26.6 Å². The van der Waals surface area contributed by atoms with Gasteiger partial charge in [0.2, 0.25) is 11.8 Å². The number of allylic oxidation sites excluding steroid dienone is 2. The molecule has 0 aliphatic carbocycles. The number of tetrazole rings is 1. The fourth-order valence-corrected chi connectivity index (χ4v) is 3.00. The Morgan fingerprint density at radius 2 is 1.93 bits per heavy atom. The SMILES string of the molecule is N#CC1=C(N)OC(c2ccccc2)=C(n2nnnc2N)[C@@H]1c1cccnc1. The summed E-state index contributed by atoms with van der Waals surface area (Å²) in [5, 5.41) is 21.1. The highest BCUT2D eigenvalue weighted by Crippen LogP contribution is 2.44. The van der Waals surface area contributed by atoms with Crippen molar-refractivity contribution in [3.8, 4) is 6.07 Å². The second kappa shape index (κ2) is 6.61. The largest absolute Gasteiger partial charge is 0.438 e. The van der Waals surface area contributed by atoms with Crippen molar-refractivity contribution in [3.05, 3.63) is 77.4 Å². The molecule has 1 aliphatic rings. The summed E-state index contributed by atoms with van der Waals surface area (Å²) in [6, 6.07) is 15.1. The number of nitriles is 1. The molecule has 27 heavy (non-hydrogen) atoms. The number of nitrogens with zero attached hydrogens (tertiary/aromatic N) is 6. The van der Waals surface area contributed by atoms with Crippen LogP contribution in [0, 0.1) is 11.3 Å². The van der Waals surface area contributed by atoms with Gasteiger partial charge in [0.1, 0.15) is 17.3 Å². The van der Waals surface area contributed by atoms with Gasteiger partial charge in [-0.05, 0) is 22.1 Å². The van der Waals surface area contributed by atoms with Crippen LogP contribution in [0.5, 0.6) is 0 Å². The molecule has 2 aromatic heterocycles. The van der Waals surface area contributed by atoms with E-state index in [4.69, 9.17) is 16.2 Å². The first-order chi connectivity index (χ1) is 13.2. The molecule has 3 heterocycles. The number of hydrogen-bond acceptors (Lipinski definition) is 8. The van der Waals surface area contributed by atoms with Gasteiger partial charge in [-0.1, -0.05) is 41.5 Å². The van der Waals surface area contributed by atoms with Crippen LogP contribution < -0.4 is 11.5 Å². The van der Waals surface area contributed by atoms with Gasteiger partial charge in [-0.25, -0.2) is 0 Å². The third-order valence-electron chi connectivity index (χ3n) is 4.17. The van der Waals surface area contributed by atoms with Crippen molar-refractivity contribution in [1.29, 1.82) is 5.26 Å². The van der Waals surface area contributed by atoms with E-state index in [9.17, 15) is 5.26 Å². The Balaban J connectivity index is 2.04. The van der Waals surface area contributed by atoms with Gasteiger partial charge < -0.3 is 16.2 Å². The smallest absolute Gasteiger partial charge is 0.244 e. The van der Waals surface area contributed by atoms with Crippen molar-refractivity contribution in [1.82, 2.24) is 25.2 Å². The summed E-state index contributed by atoms with van der Waals surface area (Å²) in [5.74, 6) is -0.104. The van der Waals surface area contributed by atoms with Gasteiger partial charge in [0.25, 0.3) is 0 Å². The minimum atomic E-state index is -0.599. The van der Waals surface area contributed by atoms with Crippen molar-refractivity contribution < 1.29 is 4.74 Å². The highest BCUT2D eigenvalue weighted by Gasteiger charge is 2.36. The first-order valence-electron chi connectivity index (χ1n) is 8.02. The van der Waals surface area contributed by atoms with Crippen LogP contribution in [-0.4, -0.2) is 25.2 Å². The van der Waals surface area contributed by atoms with E-state index in [-0.39, 0.29) is 17.4 Å². The van der Waals surface area contributed by atoms with E-state index in [1.807, 2.05) is 36.4 Å². The fraction of sp³-hybridized carbons (Fsp3) is 0.0556. The molecule has 0 radical (unpaired) electrons. The highest BCUT2D eigenvalue weighted by molar-refractivity contribution is 5.87. The van der Waals surface area contributed by atoms with Crippen molar-refractivity contribution >= 4 is 17.4 Å². The van der Waals surface area contributed by atoms with Crippen LogP contribution in [0.3, 0.4) is 0 Å². The van der Waals surface area contributed by atoms with Crippen LogP contribution in [0.15, 0.2) is 66.3 Å². The normalized spacial score (nSPS) is 16.8. The maximum absolute atomic E-state index is 9.73. The number of hydrogen-bond donors (Lipinski definition) is 2. The molecule has 0 unspecified atom stereocenters. The summed E-state index contributed by atoms with van der Waals surface area (Å²) in [4.78, 5) is 4.16. The lowest BCUT2D eigenvalue weighted by Gasteiger charge is -2.28. The average Bonchev–Trinajstić information content (AvgIpc) is 3.14. The summed E-state index contributed by atoms with van der Waals surface area (Å²) < 4.78 is 7.19. The minimum Gasteiger partial charge on any atom is -0.438 e. The Morgan fingerprint density at radius 1 is 1.11 bits per heavy atom. The molecule has 0 amide bonds. The molecule has 4 rings (SSSR count). The van der Waals surface area contributed by atoms with Crippen molar-refractivity contribution in [2.24, 2.45) is 5.73 Å². The number of rotatable bonds is 3. The summed E-state index contributed by atoms with van der Waals surface area (Å²) >= 11 is 0. The number of anilines is 1. The summed E-state index contributed by atoms with van der Waals surface area (Å²) in [7, 11) is 0. The van der Waals surface area contributed by atoms with E-state index in [1.54, 1.807) is 18.5 Å². The molecular weight excluding hydrogens is 344 g/mol. The third kappa shape index (κ3) is 2.75. The molecule has 9 nitrogen and oxygen atoms in total. The molecule has 0 bridgehead atoms. The van der Waals surface area contributed by atoms with Gasteiger partial charge in [0, 0.05) is 18.0 Å². The predicted octanol–water partition coefficient (Wildman–Crippen LogP) is 1.48. The fourth-order valence-electron chi connectivity index (χ4n) is 3.00. The third-order valence-corrected chi connectivity index (χ3v) is 4.17. The van der Waals surface area contributed by atoms with Gasteiger partial charge in [-0.2, -0.15) is 9.94 Å². The minimum absolute atomic E-state index is 0.0144. The highest BCUT2D eigenvalue weighted by atomic mass is 16.5. The van der Waals surface area contributed by atoms with Crippen LogP contribution in [0.25, 0.3) is 11.5 Å². The molecular formula is C18H14N8O. The average molecular weight is 358 g/mol. The number of benzene rings is 1. The molecule has 1 aromatic carbocycles. The zero-order valence-corrected chi connectivity index (χ0v) is 14.0. The molecule has 0 saturated heterocycles. The molecule has 1 aliphatic heterocycles. The van der Waals surface area contributed by atoms with Gasteiger partial charge >= 0.3 is 0 Å². The Hall–Kier alpha value is -4.19. The lowest BCUT2D eigenvalue weighted by molar-refractivity contribution is 0.360. The summed E-state index contributed by atoms with van der Waals surface area (Å²) in [5.41, 5.74) is 14.3. The number of aromatic nitrogens is 5. The van der Waals surface area contributed by atoms with Crippen LogP contribution in [-0.2, 0) is 4.74 Å². The Morgan fingerprint density at radius 3 is 2.56 bits per heavy atom. The number of pyridine rings is 1. The molecule has 3 aromatic rings. The quantitative estimate of drug-likeness (QED) is 0.717. The molecule has 1 atom stereocenters. The molecule has 4 N–H and O–H groups in total. The van der Waals surface area contributed by atoms with E-state index >= 15 is 0 Å². The van der Waals surface area contributed by atoms with Crippen molar-refractivity contribution in [2.75, 3.05) is 5.73 Å². The molecule has 0 saturated carbocycles. The maximum atomic E-state index is 9.73. The van der Waals surface area contributed by atoms with Gasteiger partial charge in [-0.15, -0.1) is 0 Å².